The molecule has 1 aromatic carbocycles. The molecule has 0 atom stereocenters. The Balaban J connectivity index is 2.15. The first kappa shape index (κ1) is 15.8. The van der Waals surface area contributed by atoms with Gasteiger partial charge < -0.3 is 0 Å². The SMILES string of the molecule is C=C1NN(CCS(=O)(=O)c2ccccc2)C(=O)C(C#N)=C1C. The molecule has 0 radical (unpaired) electrons. The molecule has 22 heavy (non-hydrogen) atoms. The molecule has 114 valence electrons. The van der Waals surface area contributed by atoms with Crippen molar-refractivity contribution in [1.82, 2.24) is 10.4 Å². The van der Waals surface area contributed by atoms with E-state index in [1.165, 1.54) is 12.1 Å². The van der Waals surface area contributed by atoms with E-state index in [0.29, 0.717) is 11.3 Å². The van der Waals surface area contributed by atoms with E-state index in [-0.39, 0.29) is 22.8 Å². The van der Waals surface area contributed by atoms with Crippen molar-refractivity contribution >= 4 is 15.7 Å². The number of hydrogen-bond acceptors (Lipinski definition) is 5. The molecule has 1 amide bonds. The summed E-state index contributed by atoms with van der Waals surface area (Å²) in [6.45, 7) is 5.26. The number of carbonyl (C=O) groups excluding carboxylic acids is 1. The van der Waals surface area contributed by atoms with Gasteiger partial charge in [0.1, 0.15) is 11.6 Å². The van der Waals surface area contributed by atoms with Crippen LogP contribution in [-0.2, 0) is 14.6 Å². The average molecular weight is 317 g/mol. The van der Waals surface area contributed by atoms with Crippen molar-refractivity contribution in [2.75, 3.05) is 12.3 Å². The van der Waals surface area contributed by atoms with E-state index in [9.17, 15) is 13.2 Å². The molecule has 0 bridgehead atoms. The summed E-state index contributed by atoms with van der Waals surface area (Å²) in [7, 11) is -3.50. The Kier molecular flexibility index (Phi) is 4.33. The fourth-order valence-corrected chi connectivity index (χ4v) is 3.22. The summed E-state index contributed by atoms with van der Waals surface area (Å²) < 4.78 is 24.4. The Bertz CT molecular complexity index is 789. The molecule has 0 aromatic heterocycles. The number of nitrogens with one attached hydrogen (secondary N) is 1. The van der Waals surface area contributed by atoms with Crippen LogP contribution in [0.2, 0.25) is 0 Å². The van der Waals surface area contributed by atoms with Crippen molar-refractivity contribution in [2.24, 2.45) is 0 Å². The second-order valence-corrected chi connectivity index (χ2v) is 6.90. The lowest BCUT2D eigenvalue weighted by atomic mass is 10.1. The van der Waals surface area contributed by atoms with Gasteiger partial charge in [0, 0.05) is 0 Å². The number of sulfone groups is 1. The van der Waals surface area contributed by atoms with Gasteiger partial charge in [-0.05, 0) is 24.6 Å². The van der Waals surface area contributed by atoms with Crippen molar-refractivity contribution in [1.29, 1.82) is 5.26 Å². The summed E-state index contributed by atoms with van der Waals surface area (Å²) in [4.78, 5) is 12.3. The topological polar surface area (TPSA) is 90.3 Å². The summed E-state index contributed by atoms with van der Waals surface area (Å²) in [6.07, 6.45) is 0. The van der Waals surface area contributed by atoms with Crippen molar-refractivity contribution in [3.05, 3.63) is 53.8 Å². The molecule has 0 aliphatic carbocycles. The van der Waals surface area contributed by atoms with Gasteiger partial charge in [-0.2, -0.15) is 5.26 Å². The number of carbonyl (C=O) groups is 1. The number of nitriles is 1. The number of hydrogen-bond donors (Lipinski definition) is 1. The zero-order chi connectivity index (χ0) is 16.3. The summed E-state index contributed by atoms with van der Waals surface area (Å²) in [6, 6.07) is 9.84. The highest BCUT2D eigenvalue weighted by Gasteiger charge is 2.28. The Hall–Kier alpha value is -2.59. The van der Waals surface area contributed by atoms with Gasteiger partial charge in [-0.15, -0.1) is 0 Å². The predicted octanol–water partition coefficient (Wildman–Crippen LogP) is 1.16. The van der Waals surface area contributed by atoms with E-state index in [2.05, 4.69) is 12.0 Å². The Labute approximate surface area is 129 Å². The van der Waals surface area contributed by atoms with E-state index in [1.807, 2.05) is 6.07 Å². The third-order valence-corrected chi connectivity index (χ3v) is 5.06. The van der Waals surface area contributed by atoms with Crippen molar-refractivity contribution in [3.63, 3.8) is 0 Å². The Morgan fingerprint density at radius 3 is 2.55 bits per heavy atom. The van der Waals surface area contributed by atoms with Gasteiger partial charge in [-0.25, -0.2) is 8.42 Å². The summed E-state index contributed by atoms with van der Waals surface area (Å²) >= 11 is 0. The predicted molar refractivity (Wildman–Crippen MR) is 80.8 cm³/mol. The van der Waals surface area contributed by atoms with E-state index < -0.39 is 15.7 Å². The van der Waals surface area contributed by atoms with Crippen LogP contribution in [0.15, 0.2) is 58.6 Å². The van der Waals surface area contributed by atoms with Gasteiger partial charge in [0.15, 0.2) is 9.84 Å². The third kappa shape index (κ3) is 3.02. The van der Waals surface area contributed by atoms with Crippen LogP contribution in [-0.4, -0.2) is 31.6 Å². The van der Waals surface area contributed by atoms with Gasteiger partial charge in [0.05, 0.1) is 22.9 Å². The number of rotatable bonds is 4. The molecule has 1 heterocycles. The molecule has 6 nitrogen and oxygen atoms in total. The van der Waals surface area contributed by atoms with Crippen LogP contribution in [0.25, 0.3) is 0 Å². The molecule has 7 heteroatoms. The second kappa shape index (κ2) is 6.03. The number of amides is 1. The molecular weight excluding hydrogens is 302 g/mol. The molecule has 0 fully saturated rings. The van der Waals surface area contributed by atoms with Gasteiger partial charge in [0.25, 0.3) is 5.91 Å². The van der Waals surface area contributed by atoms with Gasteiger partial charge in [-0.1, -0.05) is 24.8 Å². The minimum absolute atomic E-state index is 0.0270. The van der Waals surface area contributed by atoms with Crippen LogP contribution in [0.1, 0.15) is 6.92 Å². The fourth-order valence-electron chi connectivity index (χ4n) is 1.99. The molecule has 0 saturated heterocycles. The fraction of sp³-hybridized carbons (Fsp3) is 0.200. The molecule has 2 rings (SSSR count). The van der Waals surface area contributed by atoms with Crippen LogP contribution in [0, 0.1) is 11.3 Å². The molecular formula is C15H15N3O3S. The largest absolute Gasteiger partial charge is 0.296 e. The number of benzene rings is 1. The van der Waals surface area contributed by atoms with E-state index in [4.69, 9.17) is 5.26 Å². The van der Waals surface area contributed by atoms with Gasteiger partial charge in [-0.3, -0.25) is 15.2 Å². The molecule has 1 aliphatic rings. The minimum Gasteiger partial charge on any atom is -0.296 e. The lowest BCUT2D eigenvalue weighted by Crippen LogP contribution is -2.48. The summed E-state index contributed by atoms with van der Waals surface area (Å²) in [5.41, 5.74) is 3.57. The summed E-state index contributed by atoms with van der Waals surface area (Å²) in [5.74, 6) is -0.795. The Morgan fingerprint density at radius 1 is 1.32 bits per heavy atom. The quantitative estimate of drug-likeness (QED) is 0.900. The summed E-state index contributed by atoms with van der Waals surface area (Å²) in [5, 5.41) is 10.1. The zero-order valence-corrected chi connectivity index (χ0v) is 12.9. The minimum atomic E-state index is -3.50. The highest BCUT2D eigenvalue weighted by molar-refractivity contribution is 7.91. The van der Waals surface area contributed by atoms with Gasteiger partial charge >= 0.3 is 0 Å². The lowest BCUT2D eigenvalue weighted by molar-refractivity contribution is -0.129. The molecule has 0 spiro atoms. The highest BCUT2D eigenvalue weighted by atomic mass is 32.2. The smallest absolute Gasteiger partial charge is 0.283 e. The van der Waals surface area contributed by atoms with Crippen LogP contribution >= 0.6 is 0 Å². The standard InChI is InChI=1S/C15H15N3O3S/c1-11-12(2)17-18(15(19)14(11)10-16)8-9-22(20,21)13-6-4-3-5-7-13/h3-7,17H,2,8-9H2,1H3. The maximum Gasteiger partial charge on any atom is 0.283 e. The maximum atomic E-state index is 12.2. The normalized spacial score (nSPS) is 15.5. The average Bonchev–Trinajstić information content (AvgIpc) is 2.51. The van der Waals surface area contributed by atoms with Crippen LogP contribution < -0.4 is 5.43 Å². The first-order valence-corrected chi connectivity index (χ1v) is 8.18. The van der Waals surface area contributed by atoms with Crippen molar-refractivity contribution in [3.8, 4) is 6.07 Å². The second-order valence-electron chi connectivity index (χ2n) is 4.79. The highest BCUT2D eigenvalue weighted by Crippen LogP contribution is 2.19. The van der Waals surface area contributed by atoms with Crippen molar-refractivity contribution in [2.45, 2.75) is 11.8 Å². The molecule has 1 aliphatic heterocycles. The molecule has 1 N–H and O–H groups in total. The van der Waals surface area contributed by atoms with E-state index >= 15 is 0 Å². The zero-order valence-electron chi connectivity index (χ0n) is 12.0. The first-order valence-electron chi connectivity index (χ1n) is 6.53. The first-order chi connectivity index (χ1) is 10.4. The molecule has 0 unspecified atom stereocenters. The Morgan fingerprint density at radius 2 is 1.95 bits per heavy atom. The lowest BCUT2D eigenvalue weighted by Gasteiger charge is -2.30. The van der Waals surface area contributed by atoms with E-state index in [1.54, 1.807) is 25.1 Å². The van der Waals surface area contributed by atoms with E-state index in [0.717, 1.165) is 5.01 Å². The van der Waals surface area contributed by atoms with Gasteiger partial charge in [0.2, 0.25) is 0 Å². The van der Waals surface area contributed by atoms with Crippen LogP contribution in [0.3, 0.4) is 0 Å². The third-order valence-electron chi connectivity index (χ3n) is 3.35. The number of hydrazine groups is 1. The van der Waals surface area contributed by atoms with Crippen molar-refractivity contribution < 1.29 is 13.2 Å². The molecule has 0 saturated carbocycles. The maximum absolute atomic E-state index is 12.2. The molecule has 1 aromatic rings. The number of allylic oxidation sites excluding steroid dienone is 1. The number of nitrogens with zero attached hydrogens (tertiary/aromatic N) is 2. The van der Waals surface area contributed by atoms with Crippen LogP contribution in [0.5, 0.6) is 0 Å². The van der Waals surface area contributed by atoms with Crippen LogP contribution in [0.4, 0.5) is 0 Å². The monoisotopic (exact) mass is 317 g/mol.